The Labute approximate surface area is 143 Å². The second-order valence-corrected chi connectivity index (χ2v) is 7.11. The Morgan fingerprint density at radius 3 is 3.00 bits per heavy atom. The van der Waals surface area contributed by atoms with Crippen LogP contribution in [0.3, 0.4) is 0 Å². The molecule has 3 N–H and O–H groups in total. The molecule has 2 amide bonds. The highest BCUT2D eigenvalue weighted by atomic mass is 16.2. The van der Waals surface area contributed by atoms with Crippen molar-refractivity contribution in [3.05, 3.63) is 23.8 Å². The van der Waals surface area contributed by atoms with Crippen LogP contribution in [0.1, 0.15) is 44.6 Å². The van der Waals surface area contributed by atoms with Crippen molar-refractivity contribution in [3.8, 4) is 0 Å². The summed E-state index contributed by atoms with van der Waals surface area (Å²) in [6.07, 6.45) is 5.24. The fourth-order valence-corrected chi connectivity index (χ4v) is 3.69. The van der Waals surface area contributed by atoms with Gasteiger partial charge >= 0.3 is 0 Å². The zero-order valence-corrected chi connectivity index (χ0v) is 14.4. The minimum atomic E-state index is 0.0699. The Bertz CT molecular complexity index is 609. The van der Waals surface area contributed by atoms with Crippen LogP contribution in [0.15, 0.2) is 18.2 Å². The number of hydrogen-bond donors (Lipinski definition) is 3. The average molecular weight is 329 g/mol. The lowest BCUT2D eigenvalue weighted by atomic mass is 9.85. The van der Waals surface area contributed by atoms with Crippen molar-refractivity contribution in [1.29, 1.82) is 0 Å². The van der Waals surface area contributed by atoms with Gasteiger partial charge in [0, 0.05) is 24.2 Å². The quantitative estimate of drug-likeness (QED) is 0.795. The van der Waals surface area contributed by atoms with Crippen molar-refractivity contribution in [2.24, 2.45) is 11.8 Å². The van der Waals surface area contributed by atoms with Crippen molar-refractivity contribution in [3.63, 3.8) is 0 Å². The Morgan fingerprint density at radius 2 is 2.21 bits per heavy atom. The van der Waals surface area contributed by atoms with E-state index < -0.39 is 0 Å². The molecule has 1 aromatic carbocycles. The van der Waals surface area contributed by atoms with E-state index in [9.17, 15) is 9.59 Å². The summed E-state index contributed by atoms with van der Waals surface area (Å²) in [6.45, 7) is 4.29. The van der Waals surface area contributed by atoms with Crippen LogP contribution in [0, 0.1) is 11.8 Å². The molecule has 1 fully saturated rings. The lowest BCUT2D eigenvalue weighted by molar-refractivity contribution is -0.117. The van der Waals surface area contributed by atoms with Crippen molar-refractivity contribution in [1.82, 2.24) is 5.32 Å². The van der Waals surface area contributed by atoms with Gasteiger partial charge in [-0.3, -0.25) is 9.59 Å². The third-order valence-corrected chi connectivity index (χ3v) is 5.16. The van der Waals surface area contributed by atoms with Crippen molar-refractivity contribution >= 4 is 23.2 Å². The van der Waals surface area contributed by atoms with Crippen LogP contribution in [0.4, 0.5) is 11.4 Å². The van der Waals surface area contributed by atoms with Gasteiger partial charge in [-0.25, -0.2) is 0 Å². The SMILES string of the molecule is CC(CC(=O)Nc1ccc2c(c1)CCCC(=O)N2)C1CCCNC1. The lowest BCUT2D eigenvalue weighted by Gasteiger charge is -2.28. The number of nitrogens with one attached hydrogen (secondary N) is 3. The number of fused-ring (bicyclic) bond motifs is 1. The Kier molecular flexibility index (Phi) is 5.51. The third-order valence-electron chi connectivity index (χ3n) is 5.16. The Morgan fingerprint density at radius 1 is 1.33 bits per heavy atom. The molecule has 1 aromatic rings. The predicted molar refractivity (Wildman–Crippen MR) is 96.0 cm³/mol. The molecule has 2 atom stereocenters. The van der Waals surface area contributed by atoms with Gasteiger partial charge in [0.2, 0.25) is 11.8 Å². The minimum Gasteiger partial charge on any atom is -0.326 e. The molecule has 0 radical (unpaired) electrons. The normalized spacial score (nSPS) is 22.0. The Hall–Kier alpha value is -1.88. The van der Waals surface area contributed by atoms with Crippen LogP contribution in [-0.2, 0) is 16.0 Å². The van der Waals surface area contributed by atoms with E-state index in [1.165, 1.54) is 12.8 Å². The number of amides is 2. The Balaban J connectivity index is 1.58. The largest absolute Gasteiger partial charge is 0.326 e. The van der Waals surface area contributed by atoms with Gasteiger partial charge in [0.25, 0.3) is 0 Å². The van der Waals surface area contributed by atoms with E-state index in [1.807, 2.05) is 18.2 Å². The standard InChI is InChI=1S/C19H27N3O2/c1-13(15-5-3-9-20-12-15)10-19(24)21-16-7-8-17-14(11-16)4-2-6-18(23)22-17/h7-8,11,13,15,20H,2-6,9-10,12H2,1H3,(H,21,24)(H,22,23). The number of carbonyl (C=O) groups is 2. The third kappa shape index (κ3) is 4.35. The summed E-state index contributed by atoms with van der Waals surface area (Å²) in [5.41, 5.74) is 2.80. The average Bonchev–Trinajstić information content (AvgIpc) is 2.76. The monoisotopic (exact) mass is 329 g/mol. The molecule has 3 rings (SSSR count). The van der Waals surface area contributed by atoms with Crippen molar-refractivity contribution in [2.45, 2.75) is 45.4 Å². The molecule has 24 heavy (non-hydrogen) atoms. The molecule has 5 nitrogen and oxygen atoms in total. The first-order chi connectivity index (χ1) is 11.6. The van der Waals surface area contributed by atoms with Crippen LogP contribution in [0.2, 0.25) is 0 Å². The molecule has 2 aliphatic rings. The zero-order chi connectivity index (χ0) is 16.9. The molecule has 0 aliphatic carbocycles. The van der Waals surface area contributed by atoms with Gasteiger partial charge in [0.05, 0.1) is 0 Å². The van der Waals surface area contributed by atoms with Crippen LogP contribution in [0.25, 0.3) is 0 Å². The van der Waals surface area contributed by atoms with E-state index in [0.717, 1.165) is 42.9 Å². The van der Waals surface area contributed by atoms with Crippen LogP contribution < -0.4 is 16.0 Å². The maximum atomic E-state index is 12.4. The summed E-state index contributed by atoms with van der Waals surface area (Å²) in [5.74, 6) is 1.12. The van der Waals surface area contributed by atoms with Crippen LogP contribution >= 0.6 is 0 Å². The molecule has 0 aromatic heterocycles. The van der Waals surface area contributed by atoms with E-state index in [-0.39, 0.29) is 11.8 Å². The van der Waals surface area contributed by atoms with Gasteiger partial charge in [-0.05, 0) is 74.4 Å². The first kappa shape index (κ1) is 17.0. The molecule has 2 unspecified atom stereocenters. The number of piperidine rings is 1. The van der Waals surface area contributed by atoms with Gasteiger partial charge in [-0.2, -0.15) is 0 Å². The van der Waals surface area contributed by atoms with E-state index in [2.05, 4.69) is 22.9 Å². The fraction of sp³-hybridized carbons (Fsp3) is 0.579. The van der Waals surface area contributed by atoms with Gasteiger partial charge < -0.3 is 16.0 Å². The summed E-state index contributed by atoms with van der Waals surface area (Å²) in [5, 5.41) is 9.36. The summed E-state index contributed by atoms with van der Waals surface area (Å²) < 4.78 is 0. The zero-order valence-electron chi connectivity index (χ0n) is 14.4. The molecule has 1 saturated heterocycles. The minimum absolute atomic E-state index is 0.0699. The van der Waals surface area contributed by atoms with E-state index in [1.54, 1.807) is 0 Å². The van der Waals surface area contributed by atoms with E-state index in [0.29, 0.717) is 24.7 Å². The topological polar surface area (TPSA) is 70.2 Å². The van der Waals surface area contributed by atoms with Crippen molar-refractivity contribution < 1.29 is 9.59 Å². The lowest BCUT2D eigenvalue weighted by Crippen LogP contribution is -2.34. The highest BCUT2D eigenvalue weighted by Gasteiger charge is 2.22. The molecule has 5 heteroatoms. The van der Waals surface area contributed by atoms with Gasteiger partial charge in [-0.15, -0.1) is 0 Å². The maximum Gasteiger partial charge on any atom is 0.224 e. The van der Waals surface area contributed by atoms with Crippen LogP contribution in [0.5, 0.6) is 0 Å². The van der Waals surface area contributed by atoms with Gasteiger partial charge in [0.15, 0.2) is 0 Å². The molecule has 2 heterocycles. The first-order valence-electron chi connectivity index (χ1n) is 9.05. The highest BCUT2D eigenvalue weighted by Crippen LogP contribution is 2.26. The molecule has 0 saturated carbocycles. The van der Waals surface area contributed by atoms with Crippen molar-refractivity contribution in [2.75, 3.05) is 23.7 Å². The van der Waals surface area contributed by atoms with Gasteiger partial charge in [0.1, 0.15) is 0 Å². The number of carbonyl (C=O) groups excluding carboxylic acids is 2. The van der Waals surface area contributed by atoms with E-state index in [4.69, 9.17) is 0 Å². The summed E-state index contributed by atoms with van der Waals surface area (Å²) in [6, 6.07) is 5.75. The number of anilines is 2. The first-order valence-corrected chi connectivity index (χ1v) is 9.05. The molecular weight excluding hydrogens is 302 g/mol. The highest BCUT2D eigenvalue weighted by molar-refractivity contribution is 5.94. The van der Waals surface area contributed by atoms with Crippen LogP contribution in [-0.4, -0.2) is 24.9 Å². The fourth-order valence-electron chi connectivity index (χ4n) is 3.69. The molecule has 0 spiro atoms. The molecule has 2 aliphatic heterocycles. The van der Waals surface area contributed by atoms with E-state index >= 15 is 0 Å². The molecular formula is C19H27N3O2. The summed E-state index contributed by atoms with van der Waals surface area (Å²) in [4.78, 5) is 23.9. The molecule has 0 bridgehead atoms. The number of hydrogen-bond acceptors (Lipinski definition) is 3. The molecule has 130 valence electrons. The smallest absolute Gasteiger partial charge is 0.224 e. The number of benzene rings is 1. The summed E-state index contributed by atoms with van der Waals surface area (Å²) in [7, 11) is 0. The van der Waals surface area contributed by atoms with Gasteiger partial charge in [-0.1, -0.05) is 6.92 Å². The number of aryl methyl sites for hydroxylation is 1. The number of rotatable bonds is 4. The predicted octanol–water partition coefficient (Wildman–Crippen LogP) is 2.93. The summed E-state index contributed by atoms with van der Waals surface area (Å²) >= 11 is 0. The maximum absolute atomic E-state index is 12.4. The second kappa shape index (κ2) is 7.79. The second-order valence-electron chi connectivity index (χ2n) is 7.11.